The van der Waals surface area contributed by atoms with Crippen LogP contribution in [0.5, 0.6) is 0 Å². The van der Waals surface area contributed by atoms with E-state index in [1.165, 1.54) is 29.2 Å². The van der Waals surface area contributed by atoms with Crippen LogP contribution in [0.25, 0.3) is 0 Å². The lowest BCUT2D eigenvalue weighted by Crippen LogP contribution is -2.70. The quantitative estimate of drug-likeness (QED) is 0.148. The van der Waals surface area contributed by atoms with Crippen LogP contribution in [0.1, 0.15) is 19.5 Å². The number of fused-ring (bicyclic) bond motifs is 1. The molecule has 15 heteroatoms. The van der Waals surface area contributed by atoms with Gasteiger partial charge in [-0.25, -0.2) is 9.78 Å². The Bertz CT molecular complexity index is 1090. The van der Waals surface area contributed by atoms with Crippen LogP contribution in [0.4, 0.5) is 5.13 Å². The highest BCUT2D eigenvalue weighted by Gasteiger charge is 2.53. The Balaban J connectivity index is 1.37. The van der Waals surface area contributed by atoms with Crippen LogP contribution < -0.4 is 10.6 Å². The molecule has 3 aliphatic heterocycles. The van der Waals surface area contributed by atoms with Crippen LogP contribution >= 0.6 is 23.1 Å². The fourth-order valence-corrected chi connectivity index (χ4v) is 5.47. The summed E-state index contributed by atoms with van der Waals surface area (Å²) in [5.41, 5.74) is 0.132. The number of carbonyl (C=O) groups is 4. The summed E-state index contributed by atoms with van der Waals surface area (Å²) in [7, 11) is 1.27. The van der Waals surface area contributed by atoms with Crippen LogP contribution in [0.15, 0.2) is 22.3 Å². The molecular weight excluding hydrogens is 502 g/mol. The number of esters is 1. The molecule has 1 aromatic heterocycles. The number of rotatable bonds is 9. The average molecular weight is 526 g/mol. The third-order valence-electron chi connectivity index (χ3n) is 5.14. The summed E-state index contributed by atoms with van der Waals surface area (Å²) < 4.78 is 16.4. The zero-order chi connectivity index (χ0) is 25.2. The van der Waals surface area contributed by atoms with Crippen LogP contribution in [-0.4, -0.2) is 89.2 Å². The Labute approximate surface area is 208 Å². The number of hydrogen-bond donors (Lipinski definition) is 2. The van der Waals surface area contributed by atoms with E-state index in [0.717, 1.165) is 11.3 Å². The van der Waals surface area contributed by atoms with Crippen molar-refractivity contribution in [3.8, 4) is 0 Å². The fraction of sp³-hybridized carbons (Fsp3) is 0.500. The van der Waals surface area contributed by atoms with Gasteiger partial charge >= 0.3 is 5.97 Å². The van der Waals surface area contributed by atoms with Gasteiger partial charge in [0.05, 0.1) is 6.61 Å². The molecule has 0 radical (unpaired) electrons. The third-order valence-corrected chi connectivity index (χ3v) is 7.09. The largest absolute Gasteiger partial charge is 0.458 e. The monoisotopic (exact) mass is 525 g/mol. The number of anilines is 1. The molecule has 188 valence electrons. The number of hydrogen-bond acceptors (Lipinski definition) is 12. The highest BCUT2D eigenvalue weighted by Crippen LogP contribution is 2.38. The number of nitrogens with zero attached hydrogens (tertiary/aromatic N) is 3. The van der Waals surface area contributed by atoms with Gasteiger partial charge in [-0.05, 0) is 19.9 Å². The Hall–Kier alpha value is -3.01. The Kier molecular flexibility index (Phi) is 7.39. The van der Waals surface area contributed by atoms with Crippen molar-refractivity contribution < 1.29 is 38.2 Å². The van der Waals surface area contributed by atoms with E-state index in [9.17, 15) is 19.2 Å². The van der Waals surface area contributed by atoms with Crippen molar-refractivity contribution >= 4 is 58.1 Å². The first kappa shape index (κ1) is 25.1. The molecule has 0 aliphatic carbocycles. The van der Waals surface area contributed by atoms with Crippen molar-refractivity contribution in [2.75, 3.05) is 31.4 Å². The molecule has 0 aromatic carbocycles. The maximum Gasteiger partial charge on any atom is 0.354 e. The molecule has 3 amide bonds. The van der Waals surface area contributed by atoms with E-state index in [2.05, 4.69) is 20.8 Å². The van der Waals surface area contributed by atoms with E-state index in [-0.39, 0.29) is 28.8 Å². The fourth-order valence-electron chi connectivity index (χ4n) is 3.62. The molecule has 13 nitrogen and oxygen atoms in total. The van der Waals surface area contributed by atoms with E-state index in [4.69, 9.17) is 19.0 Å². The molecule has 4 rings (SSSR count). The van der Waals surface area contributed by atoms with Gasteiger partial charge in [-0.15, -0.1) is 23.1 Å². The topological polar surface area (TPSA) is 158 Å². The van der Waals surface area contributed by atoms with Gasteiger partial charge < -0.3 is 29.7 Å². The normalized spacial score (nSPS) is 25.2. The zero-order valence-corrected chi connectivity index (χ0v) is 20.6. The SMILES string of the molecule is CON=C(C(=O)NC1C(=O)N2C(C(=O)OCC3COC(C)(C)O3)=CCS[C@H]12)c1csc(NC=O)n1. The Morgan fingerprint density at radius 2 is 2.23 bits per heavy atom. The maximum atomic E-state index is 12.9. The van der Waals surface area contributed by atoms with Crippen molar-refractivity contribution in [3.63, 3.8) is 0 Å². The molecule has 2 saturated heterocycles. The second kappa shape index (κ2) is 10.3. The van der Waals surface area contributed by atoms with Gasteiger partial charge in [0.2, 0.25) is 6.41 Å². The Morgan fingerprint density at radius 1 is 1.43 bits per heavy atom. The minimum atomic E-state index is -0.885. The standard InChI is InChI=1S/C20H23N5O8S2/c1-20(2)32-7-10(33-20)6-31-18(29)12-4-5-34-17-14(16(28)25(12)17)23-15(27)13(24-30-3)11-8-35-19(22-11)21-9-26/h4,8-10,14,17H,5-7H2,1-3H3,(H,23,27)(H,21,22,26)/t10?,14?,17-/m1/s1. The second-order valence-electron chi connectivity index (χ2n) is 7.94. The zero-order valence-electron chi connectivity index (χ0n) is 19.0. The second-order valence-corrected chi connectivity index (χ2v) is 9.95. The molecule has 0 spiro atoms. The van der Waals surface area contributed by atoms with E-state index in [1.54, 1.807) is 19.9 Å². The van der Waals surface area contributed by atoms with Gasteiger partial charge in [0.1, 0.15) is 42.6 Å². The molecule has 0 saturated carbocycles. The number of amides is 3. The van der Waals surface area contributed by atoms with Crippen molar-refractivity contribution in [3.05, 3.63) is 22.8 Å². The van der Waals surface area contributed by atoms with E-state index < -0.39 is 41.1 Å². The number of aromatic nitrogens is 1. The van der Waals surface area contributed by atoms with Crippen LogP contribution in [0.3, 0.4) is 0 Å². The number of ether oxygens (including phenoxy) is 3. The summed E-state index contributed by atoms with van der Waals surface area (Å²) in [4.78, 5) is 59.2. The molecule has 2 unspecified atom stereocenters. The third kappa shape index (κ3) is 5.32. The molecule has 4 heterocycles. The molecule has 0 bridgehead atoms. The van der Waals surface area contributed by atoms with Gasteiger partial charge in [-0.1, -0.05) is 5.16 Å². The van der Waals surface area contributed by atoms with Gasteiger partial charge in [0, 0.05) is 11.1 Å². The lowest BCUT2D eigenvalue weighted by Gasteiger charge is -2.48. The van der Waals surface area contributed by atoms with E-state index in [1.807, 2.05) is 0 Å². The summed E-state index contributed by atoms with van der Waals surface area (Å²) in [5, 5.41) is 10.0. The number of thioether (sulfide) groups is 1. The van der Waals surface area contributed by atoms with Crippen molar-refractivity contribution in [2.24, 2.45) is 5.16 Å². The summed E-state index contributed by atoms with van der Waals surface area (Å²) >= 11 is 2.49. The first-order valence-electron chi connectivity index (χ1n) is 10.5. The van der Waals surface area contributed by atoms with Gasteiger partial charge in [0.25, 0.3) is 11.8 Å². The predicted molar refractivity (Wildman–Crippen MR) is 124 cm³/mol. The summed E-state index contributed by atoms with van der Waals surface area (Å²) in [5.74, 6) is -2.09. The number of carbonyl (C=O) groups excluding carboxylic acids is 4. The van der Waals surface area contributed by atoms with Crippen molar-refractivity contribution in [1.29, 1.82) is 0 Å². The maximum absolute atomic E-state index is 12.9. The number of nitrogens with one attached hydrogen (secondary N) is 2. The molecule has 2 N–H and O–H groups in total. The number of thiazole rings is 1. The molecule has 1 aromatic rings. The summed E-state index contributed by atoms with van der Waals surface area (Å²) in [6, 6.07) is -0.885. The number of oxime groups is 1. The Morgan fingerprint density at radius 3 is 2.91 bits per heavy atom. The smallest absolute Gasteiger partial charge is 0.354 e. The van der Waals surface area contributed by atoms with E-state index >= 15 is 0 Å². The minimum absolute atomic E-state index is 0.00889. The summed E-state index contributed by atoms with van der Waals surface area (Å²) in [6.45, 7) is 3.83. The molecular formula is C20H23N5O8S2. The molecule has 2 fully saturated rings. The van der Waals surface area contributed by atoms with Crippen molar-refractivity contribution in [2.45, 2.75) is 37.2 Å². The molecule has 35 heavy (non-hydrogen) atoms. The van der Waals surface area contributed by atoms with Gasteiger partial charge in [-0.2, -0.15) is 0 Å². The average Bonchev–Trinajstić information content (AvgIpc) is 3.44. The first-order chi connectivity index (χ1) is 16.7. The highest BCUT2D eigenvalue weighted by atomic mass is 32.2. The predicted octanol–water partition coefficient (Wildman–Crippen LogP) is 0.0404. The van der Waals surface area contributed by atoms with Crippen LogP contribution in [0, 0.1) is 0 Å². The van der Waals surface area contributed by atoms with Crippen LogP contribution in [-0.2, 0) is 38.2 Å². The van der Waals surface area contributed by atoms with Crippen molar-refractivity contribution in [1.82, 2.24) is 15.2 Å². The van der Waals surface area contributed by atoms with Gasteiger partial charge in [0.15, 0.2) is 16.6 Å². The first-order valence-corrected chi connectivity index (χ1v) is 12.4. The lowest BCUT2D eigenvalue weighted by molar-refractivity contribution is -0.160. The van der Waals surface area contributed by atoms with Crippen LogP contribution in [0.2, 0.25) is 0 Å². The highest BCUT2D eigenvalue weighted by molar-refractivity contribution is 8.00. The molecule has 3 atom stereocenters. The van der Waals surface area contributed by atoms with E-state index in [0.29, 0.717) is 18.8 Å². The lowest BCUT2D eigenvalue weighted by atomic mass is 10.0. The minimum Gasteiger partial charge on any atom is -0.458 e. The summed E-state index contributed by atoms with van der Waals surface area (Å²) in [6.07, 6.45) is 1.68. The number of β-lactam (4-membered cyclic amide) rings is 1. The van der Waals surface area contributed by atoms with Gasteiger partial charge in [-0.3, -0.25) is 19.3 Å². The molecule has 3 aliphatic rings.